The maximum Gasteiger partial charge on any atom is 0.213 e. The van der Waals surface area contributed by atoms with E-state index in [1.165, 1.54) is 0 Å². The molecule has 0 aliphatic carbocycles. The second kappa shape index (κ2) is 9.72. The van der Waals surface area contributed by atoms with E-state index in [1.807, 2.05) is 36.5 Å². The van der Waals surface area contributed by atoms with E-state index in [4.69, 9.17) is 4.42 Å². The van der Waals surface area contributed by atoms with Crippen molar-refractivity contribution in [1.29, 1.82) is 0 Å². The standard InChI is InChI=1S/C20H26N6O.HI/c1-20(2,3)16-11-23-18(27-16)13-25-19(21-4)24-12-17-22-10-15(26-17)14-8-6-5-7-9-14;/h5-11H,12-13H2,1-4H3,(H,22,26)(H2,21,24,25);1H. The molecule has 150 valence electrons. The number of imidazole rings is 1. The summed E-state index contributed by atoms with van der Waals surface area (Å²) in [6.45, 7) is 7.28. The van der Waals surface area contributed by atoms with Crippen molar-refractivity contribution in [1.82, 2.24) is 25.6 Å². The van der Waals surface area contributed by atoms with Crippen LogP contribution in [0.2, 0.25) is 0 Å². The molecule has 28 heavy (non-hydrogen) atoms. The molecular weight excluding hydrogens is 467 g/mol. The van der Waals surface area contributed by atoms with Gasteiger partial charge in [-0.2, -0.15) is 0 Å². The summed E-state index contributed by atoms with van der Waals surface area (Å²) in [6, 6.07) is 10.1. The highest BCUT2D eigenvalue weighted by molar-refractivity contribution is 14.0. The van der Waals surface area contributed by atoms with Gasteiger partial charge < -0.3 is 20.0 Å². The highest BCUT2D eigenvalue weighted by Crippen LogP contribution is 2.22. The summed E-state index contributed by atoms with van der Waals surface area (Å²) in [5.74, 6) is 2.99. The van der Waals surface area contributed by atoms with Gasteiger partial charge >= 0.3 is 0 Å². The summed E-state index contributed by atoms with van der Waals surface area (Å²) in [6.07, 6.45) is 3.62. The molecule has 2 aromatic heterocycles. The molecule has 0 aliphatic rings. The summed E-state index contributed by atoms with van der Waals surface area (Å²) in [4.78, 5) is 16.3. The van der Waals surface area contributed by atoms with Crippen molar-refractivity contribution in [3.63, 3.8) is 0 Å². The zero-order chi connectivity index (χ0) is 19.3. The van der Waals surface area contributed by atoms with Gasteiger partial charge in [0.15, 0.2) is 5.96 Å². The van der Waals surface area contributed by atoms with Gasteiger partial charge in [-0.15, -0.1) is 24.0 Å². The second-order valence-corrected chi connectivity index (χ2v) is 7.26. The number of aliphatic imine (C=N–C) groups is 1. The second-order valence-electron chi connectivity index (χ2n) is 7.26. The van der Waals surface area contributed by atoms with Gasteiger partial charge in [0.1, 0.15) is 11.6 Å². The SMILES string of the molecule is CN=C(NCc1ncc(-c2ccccc2)[nH]1)NCc1ncc(C(C)(C)C)o1.I. The average Bonchev–Trinajstić information content (AvgIpc) is 3.32. The van der Waals surface area contributed by atoms with Crippen LogP contribution >= 0.6 is 24.0 Å². The molecule has 3 aromatic rings. The van der Waals surface area contributed by atoms with E-state index in [0.717, 1.165) is 22.8 Å². The largest absolute Gasteiger partial charge is 0.443 e. The van der Waals surface area contributed by atoms with Crippen molar-refractivity contribution in [3.8, 4) is 11.3 Å². The summed E-state index contributed by atoms with van der Waals surface area (Å²) < 4.78 is 5.78. The summed E-state index contributed by atoms with van der Waals surface area (Å²) >= 11 is 0. The van der Waals surface area contributed by atoms with Crippen LogP contribution in [0.5, 0.6) is 0 Å². The van der Waals surface area contributed by atoms with E-state index >= 15 is 0 Å². The topological polar surface area (TPSA) is 91.1 Å². The monoisotopic (exact) mass is 494 g/mol. The Kier molecular flexibility index (Phi) is 7.61. The van der Waals surface area contributed by atoms with Crippen molar-refractivity contribution in [2.75, 3.05) is 7.05 Å². The third kappa shape index (κ3) is 5.82. The number of aromatic amines is 1. The molecule has 0 fully saturated rings. The molecule has 0 amide bonds. The molecular formula is C20H27IN6O. The van der Waals surface area contributed by atoms with Crippen molar-refractivity contribution >= 4 is 29.9 Å². The first-order valence-electron chi connectivity index (χ1n) is 8.94. The molecule has 0 aliphatic heterocycles. The first kappa shape index (κ1) is 21.9. The molecule has 0 saturated heterocycles. The molecule has 7 nitrogen and oxygen atoms in total. The van der Waals surface area contributed by atoms with Crippen LogP contribution in [0.25, 0.3) is 11.3 Å². The van der Waals surface area contributed by atoms with Gasteiger partial charge in [-0.25, -0.2) is 9.97 Å². The van der Waals surface area contributed by atoms with Crippen LogP contribution in [0.3, 0.4) is 0 Å². The Labute approximate surface area is 182 Å². The zero-order valence-corrected chi connectivity index (χ0v) is 18.9. The number of oxazole rings is 1. The molecule has 0 spiro atoms. The number of guanidine groups is 1. The molecule has 8 heteroatoms. The number of nitrogens with zero attached hydrogens (tertiary/aromatic N) is 3. The Balaban J connectivity index is 0.00000280. The Hall–Kier alpha value is -2.36. The van der Waals surface area contributed by atoms with Crippen LogP contribution in [-0.2, 0) is 18.5 Å². The highest BCUT2D eigenvalue weighted by Gasteiger charge is 2.19. The normalized spacial score (nSPS) is 11.8. The van der Waals surface area contributed by atoms with E-state index in [2.05, 4.69) is 51.3 Å². The molecule has 0 bridgehead atoms. The van der Waals surface area contributed by atoms with Gasteiger partial charge in [0.2, 0.25) is 5.89 Å². The molecule has 1 aromatic carbocycles. The first-order chi connectivity index (χ1) is 13.0. The molecule has 3 N–H and O–H groups in total. The molecule has 0 atom stereocenters. The lowest BCUT2D eigenvalue weighted by Gasteiger charge is -2.13. The maximum atomic E-state index is 5.78. The molecule has 0 radical (unpaired) electrons. The van der Waals surface area contributed by atoms with E-state index in [-0.39, 0.29) is 29.4 Å². The summed E-state index contributed by atoms with van der Waals surface area (Å²) in [5.41, 5.74) is 2.04. The number of aromatic nitrogens is 3. The Morgan fingerprint density at radius 3 is 2.43 bits per heavy atom. The van der Waals surface area contributed by atoms with Gasteiger partial charge in [0.05, 0.1) is 31.2 Å². The number of nitrogens with one attached hydrogen (secondary N) is 3. The lowest BCUT2D eigenvalue weighted by Crippen LogP contribution is -2.36. The minimum absolute atomic E-state index is 0. The van der Waals surface area contributed by atoms with Crippen molar-refractivity contribution in [2.45, 2.75) is 39.3 Å². The van der Waals surface area contributed by atoms with Gasteiger partial charge in [-0.1, -0.05) is 51.1 Å². The summed E-state index contributed by atoms with van der Waals surface area (Å²) in [5, 5.41) is 6.43. The van der Waals surface area contributed by atoms with Gasteiger partial charge in [-0.05, 0) is 5.56 Å². The van der Waals surface area contributed by atoms with E-state index in [1.54, 1.807) is 13.2 Å². The number of rotatable bonds is 5. The van der Waals surface area contributed by atoms with E-state index < -0.39 is 0 Å². The predicted molar refractivity (Wildman–Crippen MR) is 122 cm³/mol. The fraction of sp³-hybridized carbons (Fsp3) is 0.350. The van der Waals surface area contributed by atoms with E-state index in [0.29, 0.717) is 24.9 Å². The van der Waals surface area contributed by atoms with Crippen molar-refractivity contribution < 1.29 is 4.42 Å². The smallest absolute Gasteiger partial charge is 0.213 e. The van der Waals surface area contributed by atoms with Crippen LogP contribution in [0, 0.1) is 0 Å². The van der Waals surface area contributed by atoms with Gasteiger partial charge in [-0.3, -0.25) is 4.99 Å². The third-order valence-electron chi connectivity index (χ3n) is 4.06. The lowest BCUT2D eigenvalue weighted by molar-refractivity contribution is 0.379. The quantitative estimate of drug-likeness (QED) is 0.285. The lowest BCUT2D eigenvalue weighted by atomic mass is 9.94. The predicted octanol–water partition coefficient (Wildman–Crippen LogP) is 3.85. The van der Waals surface area contributed by atoms with Gasteiger partial charge in [0.25, 0.3) is 0 Å². The van der Waals surface area contributed by atoms with Crippen molar-refractivity contribution in [3.05, 3.63) is 60.2 Å². The highest BCUT2D eigenvalue weighted by atomic mass is 127. The number of halogens is 1. The van der Waals surface area contributed by atoms with Crippen LogP contribution < -0.4 is 10.6 Å². The maximum absolute atomic E-state index is 5.78. The van der Waals surface area contributed by atoms with Crippen LogP contribution in [-0.4, -0.2) is 28.0 Å². The average molecular weight is 494 g/mol. The Morgan fingerprint density at radius 2 is 1.79 bits per heavy atom. The number of benzene rings is 1. The molecule has 0 unspecified atom stereocenters. The fourth-order valence-electron chi connectivity index (χ4n) is 2.50. The number of H-pyrrole nitrogens is 1. The van der Waals surface area contributed by atoms with Crippen LogP contribution in [0.15, 0.2) is 52.1 Å². The molecule has 2 heterocycles. The van der Waals surface area contributed by atoms with Crippen LogP contribution in [0.4, 0.5) is 0 Å². The van der Waals surface area contributed by atoms with Gasteiger partial charge in [0, 0.05) is 12.5 Å². The van der Waals surface area contributed by atoms with E-state index in [9.17, 15) is 0 Å². The van der Waals surface area contributed by atoms with Crippen LogP contribution in [0.1, 0.15) is 38.2 Å². The summed E-state index contributed by atoms with van der Waals surface area (Å²) in [7, 11) is 1.73. The minimum atomic E-state index is -0.0546. The molecule has 0 saturated carbocycles. The first-order valence-corrected chi connectivity index (χ1v) is 8.94. The Morgan fingerprint density at radius 1 is 1.07 bits per heavy atom. The zero-order valence-electron chi connectivity index (χ0n) is 16.6. The molecule has 3 rings (SSSR count). The minimum Gasteiger partial charge on any atom is -0.443 e. The number of hydrogen-bond acceptors (Lipinski definition) is 4. The number of hydrogen-bond donors (Lipinski definition) is 3. The third-order valence-corrected chi connectivity index (χ3v) is 4.06. The van der Waals surface area contributed by atoms with Crippen molar-refractivity contribution in [2.24, 2.45) is 4.99 Å². The Bertz CT molecular complexity index is 895. The fourth-order valence-corrected chi connectivity index (χ4v) is 2.50.